The Kier molecular flexibility index (Phi) is 4.77. The highest BCUT2D eigenvalue weighted by molar-refractivity contribution is 6.36. The van der Waals surface area contributed by atoms with Crippen molar-refractivity contribution >= 4 is 40.6 Å². The molecule has 4 rings (SSSR count). The van der Waals surface area contributed by atoms with Crippen LogP contribution in [0.1, 0.15) is 34.1 Å². The molecule has 1 aromatic heterocycles. The number of carbonyl (C=O) groups is 2. The highest BCUT2D eigenvalue weighted by atomic mass is 35.5. The molecule has 4 nitrogen and oxygen atoms in total. The van der Waals surface area contributed by atoms with Gasteiger partial charge in [0.2, 0.25) is 11.7 Å². The Balaban J connectivity index is 1.57. The maximum atomic E-state index is 12.8. The number of benzene rings is 2. The van der Waals surface area contributed by atoms with Crippen LogP contribution in [0.25, 0.3) is 0 Å². The topological polar surface area (TPSA) is 51.1 Å². The van der Waals surface area contributed by atoms with E-state index in [1.54, 1.807) is 36.4 Å². The van der Waals surface area contributed by atoms with Crippen molar-refractivity contribution < 1.29 is 9.59 Å². The highest BCUT2D eigenvalue weighted by Gasteiger charge is 2.32. The lowest BCUT2D eigenvalue weighted by Gasteiger charge is -2.12. The van der Waals surface area contributed by atoms with Crippen LogP contribution in [0.4, 0.5) is 5.69 Å². The first-order valence-corrected chi connectivity index (χ1v) is 9.35. The molecule has 0 spiro atoms. The van der Waals surface area contributed by atoms with Crippen LogP contribution in [0.5, 0.6) is 0 Å². The van der Waals surface area contributed by atoms with E-state index in [4.69, 9.17) is 23.2 Å². The van der Waals surface area contributed by atoms with Crippen molar-refractivity contribution in [3.63, 3.8) is 0 Å². The van der Waals surface area contributed by atoms with Crippen molar-refractivity contribution in [1.82, 2.24) is 4.57 Å². The zero-order valence-corrected chi connectivity index (χ0v) is 15.8. The number of hydrogen-bond acceptors (Lipinski definition) is 2. The number of rotatable bonds is 4. The summed E-state index contributed by atoms with van der Waals surface area (Å²) in [7, 11) is 0. The van der Waals surface area contributed by atoms with Crippen LogP contribution in [0.2, 0.25) is 10.0 Å². The molecule has 0 unspecified atom stereocenters. The van der Waals surface area contributed by atoms with Crippen LogP contribution in [-0.4, -0.2) is 16.3 Å². The minimum Gasteiger partial charge on any atom is -0.341 e. The number of halogens is 2. The predicted molar refractivity (Wildman–Crippen MR) is 107 cm³/mol. The van der Waals surface area contributed by atoms with Crippen molar-refractivity contribution in [2.24, 2.45) is 0 Å². The predicted octanol–water partition coefficient (Wildman–Crippen LogP) is 5.15. The molecule has 0 saturated carbocycles. The average molecular weight is 399 g/mol. The lowest BCUT2D eigenvalue weighted by molar-refractivity contribution is -0.117. The van der Waals surface area contributed by atoms with Crippen LogP contribution >= 0.6 is 23.2 Å². The molecule has 0 saturated heterocycles. The van der Waals surface area contributed by atoms with Gasteiger partial charge in [0.05, 0.1) is 22.3 Å². The summed E-state index contributed by atoms with van der Waals surface area (Å²) in [6.07, 6.45) is 0.641. The molecule has 0 aliphatic carbocycles. The van der Waals surface area contributed by atoms with Gasteiger partial charge in [-0.25, -0.2) is 0 Å². The Morgan fingerprint density at radius 2 is 1.78 bits per heavy atom. The third-order valence-corrected chi connectivity index (χ3v) is 5.33. The van der Waals surface area contributed by atoms with Gasteiger partial charge in [0.25, 0.3) is 0 Å². The molecule has 6 heteroatoms. The van der Waals surface area contributed by atoms with Gasteiger partial charge in [-0.2, -0.15) is 0 Å². The van der Waals surface area contributed by atoms with Gasteiger partial charge in [0.15, 0.2) is 0 Å². The van der Waals surface area contributed by atoms with Gasteiger partial charge in [0, 0.05) is 22.8 Å². The Bertz CT molecular complexity index is 1030. The van der Waals surface area contributed by atoms with Gasteiger partial charge in [0.1, 0.15) is 0 Å². The molecule has 0 bridgehead atoms. The largest absolute Gasteiger partial charge is 0.341 e. The molecule has 1 aliphatic heterocycles. The summed E-state index contributed by atoms with van der Waals surface area (Å²) < 4.78 is 1.93. The Morgan fingerprint density at radius 1 is 1.00 bits per heavy atom. The third kappa shape index (κ3) is 3.38. The summed E-state index contributed by atoms with van der Waals surface area (Å²) in [6.45, 7) is 0.628. The maximum absolute atomic E-state index is 12.8. The number of anilines is 1. The Labute approximate surface area is 166 Å². The van der Waals surface area contributed by atoms with E-state index in [1.165, 1.54) is 0 Å². The van der Waals surface area contributed by atoms with Crippen LogP contribution in [0, 0.1) is 0 Å². The Hall–Kier alpha value is -2.56. The van der Waals surface area contributed by atoms with E-state index in [1.807, 2.05) is 28.8 Å². The first kappa shape index (κ1) is 17.8. The van der Waals surface area contributed by atoms with E-state index >= 15 is 0 Å². The fourth-order valence-electron chi connectivity index (χ4n) is 3.46. The van der Waals surface area contributed by atoms with Crippen molar-refractivity contribution in [3.8, 4) is 0 Å². The quantitative estimate of drug-likeness (QED) is 0.617. The number of aromatic nitrogens is 1. The van der Waals surface area contributed by atoms with E-state index in [2.05, 4.69) is 5.32 Å². The fraction of sp³-hybridized carbons (Fsp3) is 0.143. The van der Waals surface area contributed by atoms with Gasteiger partial charge in [-0.05, 0) is 36.8 Å². The summed E-state index contributed by atoms with van der Waals surface area (Å²) in [5.41, 5.74) is 2.61. The number of ketones is 1. The number of carbonyl (C=O) groups excluding carboxylic acids is 2. The molecule has 1 atom stereocenters. The van der Waals surface area contributed by atoms with Crippen molar-refractivity contribution in [2.45, 2.75) is 18.9 Å². The summed E-state index contributed by atoms with van der Waals surface area (Å²) in [4.78, 5) is 25.5. The second-order valence-electron chi connectivity index (χ2n) is 6.44. The monoisotopic (exact) mass is 398 g/mol. The van der Waals surface area contributed by atoms with E-state index in [0.29, 0.717) is 40.0 Å². The third-order valence-electron chi connectivity index (χ3n) is 4.79. The van der Waals surface area contributed by atoms with Crippen molar-refractivity contribution in [2.75, 3.05) is 5.32 Å². The second kappa shape index (κ2) is 7.22. The molecule has 0 fully saturated rings. The van der Waals surface area contributed by atoms with E-state index < -0.39 is 0 Å². The van der Waals surface area contributed by atoms with Crippen molar-refractivity contribution in [3.05, 3.63) is 87.7 Å². The molecule has 1 amide bonds. The molecular weight excluding hydrogens is 383 g/mol. The lowest BCUT2D eigenvalue weighted by atomic mass is 10.0. The number of nitrogens with zero attached hydrogens (tertiary/aromatic N) is 1. The van der Waals surface area contributed by atoms with Gasteiger partial charge >= 0.3 is 0 Å². The summed E-state index contributed by atoms with van der Waals surface area (Å²) in [5.74, 6) is -0.507. The molecule has 2 aromatic carbocycles. The number of hydrogen-bond donors (Lipinski definition) is 1. The average Bonchev–Trinajstić information content (AvgIpc) is 3.26. The maximum Gasteiger partial charge on any atom is 0.233 e. The van der Waals surface area contributed by atoms with Crippen LogP contribution < -0.4 is 5.32 Å². The van der Waals surface area contributed by atoms with Gasteiger partial charge in [-0.15, -0.1) is 0 Å². The summed E-state index contributed by atoms with van der Waals surface area (Å²) in [5, 5.41) is 3.77. The number of fused-ring (bicyclic) bond motifs is 1. The SMILES string of the molecule is O=C(c1ccccc1)c1ccc2n1CC[C@@H]2C(=O)Nc1ccc(Cl)cc1Cl. The molecule has 3 aromatic rings. The summed E-state index contributed by atoms with van der Waals surface area (Å²) in [6, 6.07) is 17.7. The summed E-state index contributed by atoms with van der Waals surface area (Å²) >= 11 is 12.0. The molecule has 1 aliphatic rings. The molecule has 1 N–H and O–H groups in total. The number of amides is 1. The minimum absolute atomic E-state index is 0.0383. The second-order valence-corrected chi connectivity index (χ2v) is 7.29. The molecular formula is C21H16Cl2N2O2. The van der Waals surface area contributed by atoms with E-state index in [9.17, 15) is 9.59 Å². The van der Waals surface area contributed by atoms with Gasteiger partial charge < -0.3 is 9.88 Å². The smallest absolute Gasteiger partial charge is 0.233 e. The van der Waals surface area contributed by atoms with E-state index in [0.717, 1.165) is 5.69 Å². The molecule has 27 heavy (non-hydrogen) atoms. The zero-order valence-electron chi connectivity index (χ0n) is 14.3. The first-order chi connectivity index (χ1) is 13.0. The zero-order chi connectivity index (χ0) is 19.0. The first-order valence-electron chi connectivity index (χ1n) is 8.59. The van der Waals surface area contributed by atoms with Crippen LogP contribution in [-0.2, 0) is 11.3 Å². The van der Waals surface area contributed by atoms with E-state index in [-0.39, 0.29) is 17.6 Å². The van der Waals surface area contributed by atoms with Crippen LogP contribution in [0.15, 0.2) is 60.7 Å². The Morgan fingerprint density at radius 3 is 2.52 bits per heavy atom. The fourth-order valence-corrected chi connectivity index (χ4v) is 3.91. The lowest BCUT2D eigenvalue weighted by Crippen LogP contribution is -2.19. The molecule has 136 valence electrons. The minimum atomic E-state index is -0.325. The standard InChI is InChI=1S/C21H16Cl2N2O2/c22-14-6-7-17(16(23)12-14)24-21(27)15-10-11-25-18(15)8-9-19(25)20(26)13-4-2-1-3-5-13/h1-9,12,15H,10-11H2,(H,24,27)/t15-/m0/s1. The molecule has 0 radical (unpaired) electrons. The van der Waals surface area contributed by atoms with Crippen molar-refractivity contribution in [1.29, 1.82) is 0 Å². The van der Waals surface area contributed by atoms with Crippen LogP contribution in [0.3, 0.4) is 0 Å². The van der Waals surface area contributed by atoms with Gasteiger partial charge in [-0.1, -0.05) is 53.5 Å². The molecule has 2 heterocycles. The number of nitrogens with one attached hydrogen (secondary N) is 1. The highest BCUT2D eigenvalue weighted by Crippen LogP contribution is 2.33. The van der Waals surface area contributed by atoms with Gasteiger partial charge in [-0.3, -0.25) is 9.59 Å². The normalized spacial score (nSPS) is 15.4.